The van der Waals surface area contributed by atoms with Crippen molar-refractivity contribution < 1.29 is 4.79 Å². The molecule has 0 saturated heterocycles. The van der Waals surface area contributed by atoms with E-state index in [9.17, 15) is 4.79 Å². The van der Waals surface area contributed by atoms with Crippen molar-refractivity contribution in [2.45, 2.75) is 20.3 Å². The fourth-order valence-electron chi connectivity index (χ4n) is 1.83. The average Bonchev–Trinajstić information content (AvgIpc) is 2.75. The molecule has 0 aliphatic heterocycles. The van der Waals surface area contributed by atoms with Gasteiger partial charge in [-0.15, -0.1) is 0 Å². The van der Waals surface area contributed by atoms with Crippen LogP contribution in [0.3, 0.4) is 0 Å². The SMILES string of the molecule is CCc1cc(C(=O)Nc2ccc(Br)c(C)c2)n(C)n1. The van der Waals surface area contributed by atoms with Crippen LogP contribution in [0.4, 0.5) is 5.69 Å². The van der Waals surface area contributed by atoms with E-state index in [1.807, 2.05) is 38.1 Å². The highest BCUT2D eigenvalue weighted by Crippen LogP contribution is 2.20. The molecule has 0 atom stereocenters. The molecule has 5 heteroatoms. The van der Waals surface area contributed by atoms with Gasteiger partial charge in [0.05, 0.1) is 5.69 Å². The van der Waals surface area contributed by atoms with Crippen LogP contribution < -0.4 is 5.32 Å². The van der Waals surface area contributed by atoms with Gasteiger partial charge in [-0.2, -0.15) is 5.10 Å². The first-order valence-electron chi connectivity index (χ1n) is 6.11. The summed E-state index contributed by atoms with van der Waals surface area (Å²) < 4.78 is 2.64. The number of halogens is 1. The third kappa shape index (κ3) is 3.04. The van der Waals surface area contributed by atoms with Crippen molar-refractivity contribution in [1.82, 2.24) is 9.78 Å². The van der Waals surface area contributed by atoms with Crippen LogP contribution in [0.1, 0.15) is 28.7 Å². The van der Waals surface area contributed by atoms with Gasteiger partial charge in [-0.25, -0.2) is 0 Å². The van der Waals surface area contributed by atoms with E-state index >= 15 is 0 Å². The molecule has 19 heavy (non-hydrogen) atoms. The predicted molar refractivity (Wildman–Crippen MR) is 79.4 cm³/mol. The summed E-state index contributed by atoms with van der Waals surface area (Å²) >= 11 is 3.44. The van der Waals surface area contributed by atoms with Crippen molar-refractivity contribution in [1.29, 1.82) is 0 Å². The van der Waals surface area contributed by atoms with Crippen LogP contribution in [0.5, 0.6) is 0 Å². The monoisotopic (exact) mass is 321 g/mol. The van der Waals surface area contributed by atoms with Crippen LogP contribution >= 0.6 is 15.9 Å². The second-order valence-corrected chi connectivity index (χ2v) is 5.27. The Balaban J connectivity index is 2.20. The van der Waals surface area contributed by atoms with E-state index in [0.29, 0.717) is 5.69 Å². The highest BCUT2D eigenvalue weighted by molar-refractivity contribution is 9.10. The third-order valence-electron chi connectivity index (χ3n) is 2.94. The molecule has 2 rings (SSSR count). The van der Waals surface area contributed by atoms with Gasteiger partial charge in [0.25, 0.3) is 5.91 Å². The Labute approximate surface area is 120 Å². The lowest BCUT2D eigenvalue weighted by Crippen LogP contribution is -2.16. The number of carbonyl (C=O) groups excluding carboxylic acids is 1. The minimum Gasteiger partial charge on any atom is -0.321 e. The number of nitrogens with one attached hydrogen (secondary N) is 1. The summed E-state index contributed by atoms with van der Waals surface area (Å²) in [4.78, 5) is 12.2. The minimum atomic E-state index is -0.142. The lowest BCUT2D eigenvalue weighted by atomic mass is 10.2. The molecule has 1 amide bonds. The minimum absolute atomic E-state index is 0.142. The van der Waals surface area contributed by atoms with Gasteiger partial charge < -0.3 is 5.32 Å². The molecule has 0 unspecified atom stereocenters. The number of benzene rings is 1. The maximum absolute atomic E-state index is 12.2. The smallest absolute Gasteiger partial charge is 0.273 e. The molecular formula is C14H16BrN3O. The van der Waals surface area contributed by atoms with Crippen molar-refractivity contribution in [2.75, 3.05) is 5.32 Å². The zero-order valence-corrected chi connectivity index (χ0v) is 12.8. The number of carbonyl (C=O) groups is 1. The molecule has 0 spiro atoms. The molecule has 1 aromatic heterocycles. The number of rotatable bonds is 3. The second-order valence-electron chi connectivity index (χ2n) is 4.42. The molecule has 0 radical (unpaired) electrons. The number of aromatic nitrogens is 2. The number of hydrogen-bond donors (Lipinski definition) is 1. The first-order chi connectivity index (χ1) is 9.01. The molecule has 1 heterocycles. The first-order valence-corrected chi connectivity index (χ1v) is 6.91. The lowest BCUT2D eigenvalue weighted by molar-refractivity contribution is 0.101. The van der Waals surface area contributed by atoms with E-state index in [-0.39, 0.29) is 5.91 Å². The van der Waals surface area contributed by atoms with Gasteiger partial charge in [0.2, 0.25) is 0 Å². The summed E-state index contributed by atoms with van der Waals surface area (Å²) in [6.07, 6.45) is 0.818. The Kier molecular flexibility index (Phi) is 4.04. The largest absolute Gasteiger partial charge is 0.321 e. The molecule has 2 aromatic rings. The molecule has 0 fully saturated rings. The Morgan fingerprint density at radius 3 is 2.74 bits per heavy atom. The van der Waals surface area contributed by atoms with Crippen LogP contribution in [0.2, 0.25) is 0 Å². The number of hydrogen-bond acceptors (Lipinski definition) is 2. The van der Waals surface area contributed by atoms with E-state index < -0.39 is 0 Å². The maximum Gasteiger partial charge on any atom is 0.273 e. The summed E-state index contributed by atoms with van der Waals surface area (Å²) in [6, 6.07) is 7.54. The summed E-state index contributed by atoms with van der Waals surface area (Å²) in [7, 11) is 1.78. The zero-order valence-electron chi connectivity index (χ0n) is 11.2. The fourth-order valence-corrected chi connectivity index (χ4v) is 2.08. The standard InChI is InChI=1S/C14H16BrN3O/c1-4-10-8-13(18(3)17-10)14(19)16-11-5-6-12(15)9(2)7-11/h5-8H,4H2,1-3H3,(H,16,19). The van der Waals surface area contributed by atoms with Gasteiger partial charge in [-0.3, -0.25) is 9.48 Å². The Morgan fingerprint density at radius 1 is 1.42 bits per heavy atom. The van der Waals surface area contributed by atoms with Crippen LogP contribution in [0, 0.1) is 6.92 Å². The van der Waals surface area contributed by atoms with Crippen LogP contribution in [-0.2, 0) is 13.5 Å². The van der Waals surface area contributed by atoms with Crippen LogP contribution in [0.15, 0.2) is 28.7 Å². The van der Waals surface area contributed by atoms with E-state index in [4.69, 9.17) is 0 Å². The lowest BCUT2D eigenvalue weighted by Gasteiger charge is -2.07. The van der Waals surface area contributed by atoms with E-state index in [1.165, 1.54) is 0 Å². The van der Waals surface area contributed by atoms with E-state index in [1.54, 1.807) is 11.7 Å². The normalized spacial score (nSPS) is 10.5. The van der Waals surface area contributed by atoms with Gasteiger partial charge in [0, 0.05) is 17.2 Å². The third-order valence-corrected chi connectivity index (χ3v) is 3.83. The van der Waals surface area contributed by atoms with E-state index in [2.05, 4.69) is 26.3 Å². The van der Waals surface area contributed by atoms with Crippen LogP contribution in [0.25, 0.3) is 0 Å². The summed E-state index contributed by atoms with van der Waals surface area (Å²) in [5.74, 6) is -0.142. The highest BCUT2D eigenvalue weighted by atomic mass is 79.9. The van der Waals surface area contributed by atoms with Gasteiger partial charge >= 0.3 is 0 Å². The molecule has 0 bridgehead atoms. The Bertz CT molecular complexity index is 619. The summed E-state index contributed by atoms with van der Waals surface area (Å²) in [6.45, 7) is 4.00. The first kappa shape index (κ1) is 13.8. The van der Waals surface area contributed by atoms with Gasteiger partial charge in [0.15, 0.2) is 0 Å². The number of nitrogens with zero attached hydrogens (tertiary/aromatic N) is 2. The number of aryl methyl sites for hydroxylation is 3. The van der Waals surface area contributed by atoms with Crippen molar-refractivity contribution in [3.63, 3.8) is 0 Å². The Morgan fingerprint density at radius 2 is 2.16 bits per heavy atom. The maximum atomic E-state index is 12.2. The predicted octanol–water partition coefficient (Wildman–Crippen LogP) is 3.31. The van der Waals surface area contributed by atoms with Crippen molar-refractivity contribution in [3.05, 3.63) is 45.7 Å². The molecule has 4 nitrogen and oxygen atoms in total. The molecule has 100 valence electrons. The second kappa shape index (κ2) is 5.57. The highest BCUT2D eigenvalue weighted by Gasteiger charge is 2.13. The topological polar surface area (TPSA) is 46.9 Å². The summed E-state index contributed by atoms with van der Waals surface area (Å²) in [5, 5.41) is 7.16. The molecule has 1 N–H and O–H groups in total. The molecule has 0 aliphatic carbocycles. The Hall–Kier alpha value is -1.62. The van der Waals surface area contributed by atoms with Crippen molar-refractivity contribution in [3.8, 4) is 0 Å². The molecule has 1 aromatic carbocycles. The zero-order chi connectivity index (χ0) is 14.0. The number of amides is 1. The summed E-state index contributed by atoms with van der Waals surface area (Å²) in [5.41, 5.74) is 3.35. The van der Waals surface area contributed by atoms with Gasteiger partial charge in [-0.05, 0) is 43.2 Å². The van der Waals surface area contributed by atoms with Crippen molar-refractivity contribution >= 4 is 27.5 Å². The molecule has 0 saturated carbocycles. The van der Waals surface area contributed by atoms with Gasteiger partial charge in [0.1, 0.15) is 5.69 Å². The molecular weight excluding hydrogens is 306 g/mol. The van der Waals surface area contributed by atoms with Crippen molar-refractivity contribution in [2.24, 2.45) is 7.05 Å². The number of anilines is 1. The van der Waals surface area contributed by atoms with E-state index in [0.717, 1.165) is 27.8 Å². The van der Waals surface area contributed by atoms with Crippen LogP contribution in [-0.4, -0.2) is 15.7 Å². The van der Waals surface area contributed by atoms with Gasteiger partial charge in [-0.1, -0.05) is 22.9 Å². The average molecular weight is 322 g/mol. The quantitative estimate of drug-likeness (QED) is 0.942. The fraction of sp³-hybridized carbons (Fsp3) is 0.286. The molecule has 0 aliphatic rings.